The van der Waals surface area contributed by atoms with Gasteiger partial charge in [0.05, 0.1) is 6.61 Å². The van der Waals surface area contributed by atoms with Crippen LogP contribution in [0.3, 0.4) is 0 Å². The Morgan fingerprint density at radius 2 is 2.29 bits per heavy atom. The molecule has 1 aromatic carbocycles. The van der Waals surface area contributed by atoms with Gasteiger partial charge in [-0.25, -0.2) is 4.39 Å². The standard InChI is InChI=1S/C17H27FN2O/c1-4-19-17(14-6-5-13(2)16(18)11-14)7-9-20(3)15-8-10-21-12-15/h5-6,11,15,17,19H,4,7-10,12H2,1-3H3. The molecule has 0 saturated carbocycles. The van der Waals surface area contributed by atoms with Gasteiger partial charge in [-0.05, 0) is 50.6 Å². The highest BCUT2D eigenvalue weighted by molar-refractivity contribution is 5.25. The second-order valence-corrected chi connectivity index (χ2v) is 5.91. The van der Waals surface area contributed by atoms with Crippen LogP contribution < -0.4 is 5.32 Å². The van der Waals surface area contributed by atoms with E-state index in [-0.39, 0.29) is 11.9 Å². The van der Waals surface area contributed by atoms with Crippen LogP contribution in [-0.2, 0) is 4.74 Å². The lowest BCUT2D eigenvalue weighted by molar-refractivity contribution is 0.156. The molecule has 0 aromatic heterocycles. The minimum atomic E-state index is -0.118. The maximum absolute atomic E-state index is 13.8. The Balaban J connectivity index is 1.96. The van der Waals surface area contributed by atoms with Crippen LogP contribution in [0.15, 0.2) is 18.2 Å². The Morgan fingerprint density at radius 3 is 2.90 bits per heavy atom. The number of halogens is 1. The van der Waals surface area contributed by atoms with E-state index in [4.69, 9.17) is 4.74 Å². The molecule has 1 heterocycles. The Bertz CT molecular complexity index is 446. The molecule has 2 unspecified atom stereocenters. The second kappa shape index (κ2) is 7.87. The first kappa shape index (κ1) is 16.4. The molecule has 0 spiro atoms. The molecule has 2 atom stereocenters. The number of likely N-dealkylation sites (N-methyl/N-ethyl adjacent to an activating group) is 1. The molecule has 0 radical (unpaired) electrons. The zero-order valence-corrected chi connectivity index (χ0v) is 13.4. The lowest BCUT2D eigenvalue weighted by Crippen LogP contribution is -2.35. The number of hydrogen-bond donors (Lipinski definition) is 1. The number of nitrogens with one attached hydrogen (secondary N) is 1. The molecule has 2 rings (SSSR count). The van der Waals surface area contributed by atoms with Crippen molar-refractivity contribution in [3.05, 3.63) is 35.1 Å². The zero-order chi connectivity index (χ0) is 15.2. The Kier molecular flexibility index (Phi) is 6.15. The molecule has 118 valence electrons. The fourth-order valence-electron chi connectivity index (χ4n) is 2.84. The molecule has 1 fully saturated rings. The van der Waals surface area contributed by atoms with Gasteiger partial charge < -0.3 is 15.0 Å². The lowest BCUT2D eigenvalue weighted by atomic mass is 10.0. The van der Waals surface area contributed by atoms with E-state index in [9.17, 15) is 4.39 Å². The molecule has 0 amide bonds. The first-order valence-corrected chi connectivity index (χ1v) is 7.89. The molecule has 1 saturated heterocycles. The summed E-state index contributed by atoms with van der Waals surface area (Å²) < 4.78 is 19.2. The van der Waals surface area contributed by atoms with Gasteiger partial charge in [-0.3, -0.25) is 0 Å². The van der Waals surface area contributed by atoms with Gasteiger partial charge in [0.1, 0.15) is 5.82 Å². The monoisotopic (exact) mass is 294 g/mol. The maximum Gasteiger partial charge on any atom is 0.126 e. The summed E-state index contributed by atoms with van der Waals surface area (Å²) in [5, 5.41) is 3.47. The van der Waals surface area contributed by atoms with Gasteiger partial charge in [0, 0.05) is 25.2 Å². The minimum absolute atomic E-state index is 0.118. The number of rotatable bonds is 7. The average molecular weight is 294 g/mol. The van der Waals surface area contributed by atoms with Gasteiger partial charge in [0.25, 0.3) is 0 Å². The highest BCUT2D eigenvalue weighted by Crippen LogP contribution is 2.21. The number of ether oxygens (including phenoxy) is 1. The first-order valence-electron chi connectivity index (χ1n) is 7.89. The fourth-order valence-corrected chi connectivity index (χ4v) is 2.84. The molecule has 0 aliphatic carbocycles. The van der Waals surface area contributed by atoms with E-state index < -0.39 is 0 Å². The predicted molar refractivity (Wildman–Crippen MR) is 84.0 cm³/mol. The van der Waals surface area contributed by atoms with Crippen LogP contribution in [0, 0.1) is 12.7 Å². The van der Waals surface area contributed by atoms with Gasteiger partial charge in [-0.1, -0.05) is 19.1 Å². The van der Waals surface area contributed by atoms with E-state index >= 15 is 0 Å². The number of aryl methyl sites for hydroxylation is 1. The molecule has 1 N–H and O–H groups in total. The van der Waals surface area contributed by atoms with Crippen molar-refractivity contribution in [2.24, 2.45) is 0 Å². The van der Waals surface area contributed by atoms with Crippen LogP contribution in [-0.4, -0.2) is 44.3 Å². The van der Waals surface area contributed by atoms with Crippen LogP contribution >= 0.6 is 0 Å². The van der Waals surface area contributed by atoms with Crippen LogP contribution in [0.2, 0.25) is 0 Å². The summed E-state index contributed by atoms with van der Waals surface area (Å²) in [4.78, 5) is 2.36. The molecular formula is C17H27FN2O. The van der Waals surface area contributed by atoms with Gasteiger partial charge >= 0.3 is 0 Å². The Morgan fingerprint density at radius 1 is 1.48 bits per heavy atom. The number of benzene rings is 1. The normalized spacial score (nSPS) is 20.1. The van der Waals surface area contributed by atoms with Gasteiger partial charge in [0.2, 0.25) is 0 Å². The van der Waals surface area contributed by atoms with Gasteiger partial charge in [-0.15, -0.1) is 0 Å². The molecular weight excluding hydrogens is 267 g/mol. The minimum Gasteiger partial charge on any atom is -0.380 e. The van der Waals surface area contributed by atoms with E-state index in [1.807, 2.05) is 12.1 Å². The van der Waals surface area contributed by atoms with E-state index in [1.54, 1.807) is 13.0 Å². The molecule has 4 heteroatoms. The third-order valence-corrected chi connectivity index (χ3v) is 4.35. The number of nitrogens with zero attached hydrogens (tertiary/aromatic N) is 1. The van der Waals surface area contributed by atoms with Gasteiger partial charge in [0.15, 0.2) is 0 Å². The largest absolute Gasteiger partial charge is 0.380 e. The fraction of sp³-hybridized carbons (Fsp3) is 0.647. The summed E-state index contributed by atoms with van der Waals surface area (Å²) in [6.45, 7) is 7.47. The van der Waals surface area contributed by atoms with Crippen molar-refractivity contribution in [3.63, 3.8) is 0 Å². The molecule has 21 heavy (non-hydrogen) atoms. The van der Waals surface area contributed by atoms with Crippen molar-refractivity contribution in [1.29, 1.82) is 0 Å². The lowest BCUT2D eigenvalue weighted by Gasteiger charge is -2.26. The van der Waals surface area contributed by atoms with Crippen molar-refractivity contribution >= 4 is 0 Å². The van der Waals surface area contributed by atoms with Crippen molar-refractivity contribution in [2.75, 3.05) is 33.4 Å². The average Bonchev–Trinajstić information content (AvgIpc) is 3.00. The molecule has 0 bridgehead atoms. The van der Waals surface area contributed by atoms with E-state index in [0.29, 0.717) is 11.6 Å². The molecule has 3 nitrogen and oxygen atoms in total. The third-order valence-electron chi connectivity index (χ3n) is 4.35. The summed E-state index contributed by atoms with van der Waals surface area (Å²) in [6, 6.07) is 6.30. The quantitative estimate of drug-likeness (QED) is 0.837. The molecule has 1 aromatic rings. The van der Waals surface area contributed by atoms with Crippen molar-refractivity contribution in [3.8, 4) is 0 Å². The second-order valence-electron chi connectivity index (χ2n) is 5.91. The topological polar surface area (TPSA) is 24.5 Å². The van der Waals surface area contributed by atoms with E-state index in [0.717, 1.165) is 44.7 Å². The Hall–Kier alpha value is -0.970. The van der Waals surface area contributed by atoms with E-state index in [2.05, 4.69) is 24.2 Å². The van der Waals surface area contributed by atoms with Gasteiger partial charge in [-0.2, -0.15) is 0 Å². The molecule has 1 aliphatic rings. The zero-order valence-electron chi connectivity index (χ0n) is 13.4. The summed E-state index contributed by atoms with van der Waals surface area (Å²) >= 11 is 0. The highest BCUT2D eigenvalue weighted by atomic mass is 19.1. The molecule has 1 aliphatic heterocycles. The van der Waals surface area contributed by atoms with Crippen LogP contribution in [0.25, 0.3) is 0 Å². The predicted octanol–water partition coefficient (Wildman–Crippen LogP) is 2.90. The van der Waals surface area contributed by atoms with Crippen molar-refractivity contribution in [1.82, 2.24) is 10.2 Å². The first-order chi connectivity index (χ1) is 10.1. The summed E-state index contributed by atoms with van der Waals surface area (Å²) in [6.07, 6.45) is 2.09. The number of hydrogen-bond acceptors (Lipinski definition) is 3. The SMILES string of the molecule is CCNC(CCN(C)C1CCOC1)c1ccc(C)c(F)c1. The van der Waals surface area contributed by atoms with Crippen LogP contribution in [0.1, 0.15) is 36.9 Å². The van der Waals surface area contributed by atoms with Crippen molar-refractivity contribution < 1.29 is 9.13 Å². The summed E-state index contributed by atoms with van der Waals surface area (Å²) in [5.41, 5.74) is 1.74. The van der Waals surface area contributed by atoms with Crippen LogP contribution in [0.5, 0.6) is 0 Å². The van der Waals surface area contributed by atoms with E-state index in [1.165, 1.54) is 0 Å². The van der Waals surface area contributed by atoms with Crippen LogP contribution in [0.4, 0.5) is 4.39 Å². The summed E-state index contributed by atoms with van der Waals surface area (Å²) in [5.74, 6) is -0.118. The highest BCUT2D eigenvalue weighted by Gasteiger charge is 2.21. The summed E-state index contributed by atoms with van der Waals surface area (Å²) in [7, 11) is 2.15. The Labute approximate surface area is 127 Å². The van der Waals surface area contributed by atoms with Crippen molar-refractivity contribution in [2.45, 2.75) is 38.8 Å². The smallest absolute Gasteiger partial charge is 0.126 e. The third kappa shape index (κ3) is 4.50. The maximum atomic E-state index is 13.8.